The second kappa shape index (κ2) is 8.78. The average molecular weight is 428 g/mol. The van der Waals surface area contributed by atoms with Gasteiger partial charge < -0.3 is 14.6 Å². The van der Waals surface area contributed by atoms with Gasteiger partial charge in [0.15, 0.2) is 5.69 Å². The largest absolute Gasteiger partial charge is 0.497 e. The molecule has 0 unspecified atom stereocenters. The molecule has 1 saturated carbocycles. The zero-order valence-electron chi connectivity index (χ0n) is 18.0. The second-order valence-corrected chi connectivity index (χ2v) is 8.13. The Labute approximate surface area is 186 Å². The van der Waals surface area contributed by atoms with Crippen molar-refractivity contribution in [3.05, 3.63) is 72.4 Å². The van der Waals surface area contributed by atoms with Crippen LogP contribution in [0.15, 0.2) is 60.9 Å². The molecule has 0 bridgehead atoms. The van der Waals surface area contributed by atoms with Crippen molar-refractivity contribution in [2.75, 3.05) is 20.2 Å². The molecule has 0 spiro atoms. The first-order valence-electron chi connectivity index (χ1n) is 10.9. The summed E-state index contributed by atoms with van der Waals surface area (Å²) in [6.45, 7) is 1.30. The fourth-order valence-electron chi connectivity index (χ4n) is 3.87. The van der Waals surface area contributed by atoms with Gasteiger partial charge in [0, 0.05) is 43.5 Å². The summed E-state index contributed by atoms with van der Waals surface area (Å²) in [7, 11) is 1.65. The van der Waals surface area contributed by atoms with Crippen molar-refractivity contribution in [2.45, 2.75) is 19.3 Å². The van der Waals surface area contributed by atoms with Gasteiger partial charge in [-0.05, 0) is 30.9 Å². The van der Waals surface area contributed by atoms with Crippen molar-refractivity contribution in [1.82, 2.24) is 24.8 Å². The van der Waals surface area contributed by atoms with Crippen LogP contribution in [0.5, 0.6) is 5.75 Å². The Morgan fingerprint density at radius 3 is 2.72 bits per heavy atom. The first kappa shape index (κ1) is 20.2. The van der Waals surface area contributed by atoms with Crippen molar-refractivity contribution in [1.29, 1.82) is 0 Å². The molecule has 7 heteroatoms. The number of methoxy groups -OCH3 is 1. The molecular weight excluding hydrogens is 402 g/mol. The predicted octanol–water partition coefficient (Wildman–Crippen LogP) is 4.12. The number of aromatic nitrogens is 4. The highest BCUT2D eigenvalue weighted by Gasteiger charge is 2.29. The summed E-state index contributed by atoms with van der Waals surface area (Å²) < 4.78 is 5.30. The normalized spacial score (nSPS) is 13.3. The summed E-state index contributed by atoms with van der Waals surface area (Å²) in [6.07, 6.45) is 6.19. The van der Waals surface area contributed by atoms with Crippen molar-refractivity contribution >= 4 is 16.9 Å². The van der Waals surface area contributed by atoms with E-state index >= 15 is 0 Å². The fraction of sp³-hybridized carbons (Fsp3) is 0.280. The molecule has 2 aromatic heterocycles. The third-order valence-corrected chi connectivity index (χ3v) is 5.77. The molecule has 162 valence electrons. The molecule has 1 N–H and O–H groups in total. The van der Waals surface area contributed by atoms with E-state index in [0.29, 0.717) is 30.3 Å². The minimum atomic E-state index is -0.0818. The number of carbonyl (C=O) groups is 1. The quantitative estimate of drug-likeness (QED) is 0.457. The Morgan fingerprint density at radius 1 is 1.12 bits per heavy atom. The van der Waals surface area contributed by atoms with Gasteiger partial charge in [-0.2, -0.15) is 0 Å². The zero-order valence-corrected chi connectivity index (χ0v) is 18.0. The molecule has 7 nitrogen and oxygen atoms in total. The molecule has 1 amide bonds. The minimum absolute atomic E-state index is 0.0818. The number of nitrogens with zero attached hydrogens (tertiary/aromatic N) is 4. The van der Waals surface area contributed by atoms with E-state index in [0.717, 1.165) is 34.7 Å². The standard InChI is InChI=1S/C25H25N5O2/c1-32-19-9-10-20-21(15-19)29-22(28-20)11-14-30(16-17-7-8-17)25(31)24-23(26-12-13-27-24)18-5-3-2-4-6-18/h2-6,9-10,12-13,15,17H,7-8,11,14,16H2,1H3,(H,28,29). The van der Waals surface area contributed by atoms with Gasteiger partial charge >= 0.3 is 0 Å². The number of fused-ring (bicyclic) bond motifs is 1. The molecule has 1 fully saturated rings. The number of aromatic amines is 1. The Morgan fingerprint density at radius 2 is 1.94 bits per heavy atom. The molecule has 0 aliphatic heterocycles. The van der Waals surface area contributed by atoms with Gasteiger partial charge in [-0.25, -0.2) is 9.97 Å². The molecule has 1 aliphatic rings. The second-order valence-electron chi connectivity index (χ2n) is 8.13. The monoisotopic (exact) mass is 427 g/mol. The Balaban J connectivity index is 1.38. The van der Waals surface area contributed by atoms with E-state index in [2.05, 4.69) is 19.9 Å². The maximum atomic E-state index is 13.6. The zero-order chi connectivity index (χ0) is 21.9. The molecule has 5 rings (SSSR count). The third-order valence-electron chi connectivity index (χ3n) is 5.77. The summed E-state index contributed by atoms with van der Waals surface area (Å²) in [4.78, 5) is 32.4. The van der Waals surface area contributed by atoms with Crippen molar-refractivity contribution in [3.63, 3.8) is 0 Å². The number of benzene rings is 2. The van der Waals surface area contributed by atoms with Gasteiger partial charge in [0.2, 0.25) is 0 Å². The number of H-pyrrole nitrogens is 1. The van der Waals surface area contributed by atoms with Gasteiger partial charge in [-0.1, -0.05) is 30.3 Å². The van der Waals surface area contributed by atoms with Crippen LogP contribution in [0.4, 0.5) is 0 Å². The number of imidazole rings is 1. The number of rotatable bonds is 8. The van der Waals surface area contributed by atoms with Crippen LogP contribution in [0.1, 0.15) is 29.2 Å². The highest BCUT2D eigenvalue weighted by molar-refractivity contribution is 5.98. The van der Waals surface area contributed by atoms with Crippen LogP contribution < -0.4 is 4.74 Å². The number of amides is 1. The Kier molecular flexibility index (Phi) is 5.54. The third kappa shape index (κ3) is 4.32. The van der Waals surface area contributed by atoms with Crippen LogP contribution in [0.3, 0.4) is 0 Å². The van der Waals surface area contributed by atoms with E-state index in [1.807, 2.05) is 53.4 Å². The van der Waals surface area contributed by atoms with Crippen LogP contribution in [0, 0.1) is 5.92 Å². The molecule has 0 atom stereocenters. The van der Waals surface area contributed by atoms with E-state index < -0.39 is 0 Å². The topological polar surface area (TPSA) is 84.0 Å². The van der Waals surface area contributed by atoms with Gasteiger partial charge in [0.1, 0.15) is 17.3 Å². The van der Waals surface area contributed by atoms with E-state index in [1.165, 1.54) is 12.8 Å². The summed E-state index contributed by atoms with van der Waals surface area (Å²) in [5.74, 6) is 2.12. The van der Waals surface area contributed by atoms with E-state index in [9.17, 15) is 4.79 Å². The summed E-state index contributed by atoms with van der Waals surface area (Å²) >= 11 is 0. The maximum Gasteiger partial charge on any atom is 0.274 e. The van der Waals surface area contributed by atoms with Gasteiger partial charge in [0.05, 0.1) is 18.1 Å². The molecule has 0 radical (unpaired) electrons. The van der Waals surface area contributed by atoms with Crippen LogP contribution in [0.25, 0.3) is 22.3 Å². The van der Waals surface area contributed by atoms with Crippen LogP contribution >= 0.6 is 0 Å². The molecular formula is C25H25N5O2. The number of nitrogens with one attached hydrogen (secondary N) is 1. The Hall–Kier alpha value is -3.74. The molecule has 0 saturated heterocycles. The van der Waals surface area contributed by atoms with Crippen molar-refractivity contribution in [3.8, 4) is 17.0 Å². The summed E-state index contributed by atoms with van der Waals surface area (Å²) in [5, 5.41) is 0. The smallest absolute Gasteiger partial charge is 0.274 e. The minimum Gasteiger partial charge on any atom is -0.497 e. The molecule has 1 aliphatic carbocycles. The molecule has 4 aromatic rings. The van der Waals surface area contributed by atoms with Crippen LogP contribution in [-0.2, 0) is 6.42 Å². The lowest BCUT2D eigenvalue weighted by Crippen LogP contribution is -2.36. The molecule has 2 aromatic carbocycles. The molecule has 2 heterocycles. The van der Waals surface area contributed by atoms with Crippen molar-refractivity contribution in [2.24, 2.45) is 5.92 Å². The number of hydrogen-bond acceptors (Lipinski definition) is 5. The van der Waals surface area contributed by atoms with E-state index in [1.54, 1.807) is 19.5 Å². The van der Waals surface area contributed by atoms with E-state index in [4.69, 9.17) is 4.74 Å². The average Bonchev–Trinajstić information content (AvgIpc) is 3.57. The number of hydrogen-bond donors (Lipinski definition) is 1. The maximum absolute atomic E-state index is 13.6. The SMILES string of the molecule is COc1ccc2nc(CCN(CC3CC3)C(=O)c3nccnc3-c3ccccc3)[nH]c2c1. The van der Waals surface area contributed by atoms with Gasteiger partial charge in [-0.3, -0.25) is 9.78 Å². The first-order chi connectivity index (χ1) is 15.7. The summed E-state index contributed by atoms with van der Waals surface area (Å²) in [6, 6.07) is 15.5. The molecule has 32 heavy (non-hydrogen) atoms. The lowest BCUT2D eigenvalue weighted by atomic mass is 10.1. The van der Waals surface area contributed by atoms with Gasteiger partial charge in [0.25, 0.3) is 5.91 Å². The lowest BCUT2D eigenvalue weighted by Gasteiger charge is -2.22. The van der Waals surface area contributed by atoms with Crippen molar-refractivity contribution < 1.29 is 9.53 Å². The fourth-order valence-corrected chi connectivity index (χ4v) is 3.87. The van der Waals surface area contributed by atoms with Gasteiger partial charge in [-0.15, -0.1) is 0 Å². The Bertz CT molecular complexity index is 1230. The van der Waals surface area contributed by atoms with E-state index in [-0.39, 0.29) is 5.91 Å². The van der Waals surface area contributed by atoms with Crippen LogP contribution in [0.2, 0.25) is 0 Å². The lowest BCUT2D eigenvalue weighted by molar-refractivity contribution is 0.0743. The summed E-state index contributed by atoms with van der Waals surface area (Å²) in [5.41, 5.74) is 3.73. The first-order valence-corrected chi connectivity index (χ1v) is 10.9. The number of ether oxygens (including phenoxy) is 1. The highest BCUT2D eigenvalue weighted by Crippen LogP contribution is 2.31. The number of carbonyl (C=O) groups excluding carboxylic acids is 1. The predicted molar refractivity (Wildman–Crippen MR) is 122 cm³/mol. The highest BCUT2D eigenvalue weighted by atomic mass is 16.5. The van der Waals surface area contributed by atoms with Crippen LogP contribution in [-0.4, -0.2) is 50.9 Å².